The molecule has 0 unspecified atom stereocenters. The third-order valence-corrected chi connectivity index (χ3v) is 6.13. The first-order chi connectivity index (χ1) is 11.1. The monoisotopic (exact) mass is 363 g/mol. The Morgan fingerprint density at radius 2 is 2.04 bits per heavy atom. The topological polar surface area (TPSA) is 66.1 Å². The highest BCUT2D eigenvalue weighted by Gasteiger charge is 2.22. The molecule has 3 heterocycles. The van der Waals surface area contributed by atoms with Crippen molar-refractivity contribution in [3.05, 3.63) is 54.0 Å². The standard InChI is InChI=1S/C17H17N3O2S.ClH/c1-20-8-6-17-15(11-20)14-9-12(4-5-16(14)19-17)23(21,22)13-3-2-7-18-10-13;/h2-5,7,9-10,19H,6,8,11H2,1H3;1H. The maximum Gasteiger partial charge on any atom is 0.208 e. The van der Waals surface area contributed by atoms with Gasteiger partial charge in [-0.05, 0) is 42.9 Å². The van der Waals surface area contributed by atoms with Crippen molar-refractivity contribution >= 4 is 33.1 Å². The van der Waals surface area contributed by atoms with Crippen LogP contribution in [0, 0.1) is 0 Å². The van der Waals surface area contributed by atoms with Gasteiger partial charge < -0.3 is 9.88 Å². The molecule has 1 N–H and O–H groups in total. The highest BCUT2D eigenvalue weighted by atomic mass is 35.5. The van der Waals surface area contributed by atoms with Gasteiger partial charge in [0, 0.05) is 48.5 Å². The third-order valence-electron chi connectivity index (χ3n) is 4.39. The number of halogens is 1. The van der Waals surface area contributed by atoms with E-state index in [0.717, 1.165) is 30.4 Å². The molecule has 24 heavy (non-hydrogen) atoms. The second-order valence-corrected chi connectivity index (χ2v) is 7.92. The minimum absolute atomic E-state index is 0. The molecular formula is C17H18ClN3O2S. The Balaban J connectivity index is 0.00000169. The summed E-state index contributed by atoms with van der Waals surface area (Å²) in [5, 5.41) is 0.997. The molecule has 2 aromatic heterocycles. The van der Waals surface area contributed by atoms with Gasteiger partial charge in [-0.1, -0.05) is 0 Å². The SMILES string of the molecule is CN1CCc2[nH]c3ccc(S(=O)(=O)c4cccnc4)cc3c2C1.Cl. The van der Waals surface area contributed by atoms with Crippen molar-refractivity contribution in [3.8, 4) is 0 Å². The Morgan fingerprint density at radius 1 is 1.21 bits per heavy atom. The Morgan fingerprint density at radius 3 is 2.79 bits per heavy atom. The van der Waals surface area contributed by atoms with E-state index in [1.54, 1.807) is 30.5 Å². The molecule has 0 radical (unpaired) electrons. The van der Waals surface area contributed by atoms with Crippen LogP contribution in [0.3, 0.4) is 0 Å². The molecule has 7 heteroatoms. The first-order valence-corrected chi connectivity index (χ1v) is 9.01. The van der Waals surface area contributed by atoms with Crippen molar-refractivity contribution in [2.45, 2.75) is 22.8 Å². The number of likely N-dealkylation sites (N-methyl/N-ethyl adjacent to an activating group) is 1. The van der Waals surface area contributed by atoms with Crippen LogP contribution in [0.4, 0.5) is 0 Å². The number of nitrogens with zero attached hydrogens (tertiary/aromatic N) is 2. The summed E-state index contributed by atoms with van der Waals surface area (Å²) < 4.78 is 25.5. The number of sulfone groups is 1. The average Bonchev–Trinajstić information content (AvgIpc) is 2.93. The van der Waals surface area contributed by atoms with Crippen LogP contribution in [0.1, 0.15) is 11.3 Å². The van der Waals surface area contributed by atoms with Crippen LogP contribution in [0.2, 0.25) is 0 Å². The van der Waals surface area contributed by atoms with E-state index in [9.17, 15) is 8.42 Å². The first kappa shape index (κ1) is 17.0. The Kier molecular flexibility index (Phi) is 4.38. The summed E-state index contributed by atoms with van der Waals surface area (Å²) in [4.78, 5) is 10.1. The molecule has 5 nitrogen and oxygen atoms in total. The molecule has 0 amide bonds. The molecule has 1 aromatic carbocycles. The Labute approximate surface area is 147 Å². The largest absolute Gasteiger partial charge is 0.358 e. The lowest BCUT2D eigenvalue weighted by Gasteiger charge is -2.22. The van der Waals surface area contributed by atoms with E-state index in [-0.39, 0.29) is 17.3 Å². The quantitative estimate of drug-likeness (QED) is 0.760. The zero-order valence-corrected chi connectivity index (χ0v) is 14.8. The van der Waals surface area contributed by atoms with E-state index >= 15 is 0 Å². The number of pyridine rings is 1. The number of hydrogen-bond donors (Lipinski definition) is 1. The molecule has 0 aliphatic carbocycles. The fraction of sp³-hybridized carbons (Fsp3) is 0.235. The Hall–Kier alpha value is -1.89. The van der Waals surface area contributed by atoms with Gasteiger partial charge >= 0.3 is 0 Å². The van der Waals surface area contributed by atoms with Gasteiger partial charge in [-0.15, -0.1) is 12.4 Å². The van der Waals surface area contributed by atoms with Gasteiger partial charge in [0.05, 0.1) is 9.79 Å². The second kappa shape index (κ2) is 6.20. The first-order valence-electron chi connectivity index (χ1n) is 7.53. The van der Waals surface area contributed by atoms with E-state index in [2.05, 4.69) is 21.9 Å². The number of benzene rings is 1. The maximum absolute atomic E-state index is 12.8. The van der Waals surface area contributed by atoms with E-state index < -0.39 is 9.84 Å². The van der Waals surface area contributed by atoms with Crippen LogP contribution in [0.5, 0.6) is 0 Å². The molecule has 0 spiro atoms. The molecule has 0 atom stereocenters. The summed E-state index contributed by atoms with van der Waals surface area (Å²) in [7, 11) is -1.46. The maximum atomic E-state index is 12.8. The summed E-state index contributed by atoms with van der Waals surface area (Å²) in [6.07, 6.45) is 3.92. The van der Waals surface area contributed by atoms with Gasteiger partial charge in [-0.3, -0.25) is 4.98 Å². The molecule has 1 aliphatic heterocycles. The highest BCUT2D eigenvalue weighted by Crippen LogP contribution is 2.30. The van der Waals surface area contributed by atoms with Crippen molar-refractivity contribution < 1.29 is 8.42 Å². The molecule has 0 saturated heterocycles. The van der Waals surface area contributed by atoms with Crippen molar-refractivity contribution in [2.75, 3.05) is 13.6 Å². The molecule has 0 saturated carbocycles. The average molecular weight is 364 g/mol. The smallest absolute Gasteiger partial charge is 0.208 e. The molecule has 126 valence electrons. The van der Waals surface area contributed by atoms with Gasteiger partial charge in [0.15, 0.2) is 0 Å². The van der Waals surface area contributed by atoms with E-state index in [4.69, 9.17) is 0 Å². The lowest BCUT2D eigenvalue weighted by molar-refractivity contribution is 0.313. The predicted molar refractivity (Wildman–Crippen MR) is 95.3 cm³/mol. The van der Waals surface area contributed by atoms with Crippen LogP contribution < -0.4 is 0 Å². The van der Waals surface area contributed by atoms with Gasteiger partial charge in [-0.2, -0.15) is 0 Å². The Bertz CT molecular complexity index is 984. The fourth-order valence-electron chi connectivity index (χ4n) is 3.14. The van der Waals surface area contributed by atoms with E-state index in [0.29, 0.717) is 4.90 Å². The predicted octanol–water partition coefficient (Wildman–Crippen LogP) is 2.81. The minimum Gasteiger partial charge on any atom is -0.358 e. The lowest BCUT2D eigenvalue weighted by atomic mass is 10.1. The number of fused-ring (bicyclic) bond motifs is 3. The van der Waals surface area contributed by atoms with Crippen molar-refractivity contribution in [2.24, 2.45) is 0 Å². The van der Waals surface area contributed by atoms with Crippen molar-refractivity contribution in [1.82, 2.24) is 14.9 Å². The zero-order chi connectivity index (χ0) is 16.0. The van der Waals surface area contributed by atoms with Gasteiger partial charge in [-0.25, -0.2) is 8.42 Å². The van der Waals surface area contributed by atoms with Crippen LogP contribution in [-0.4, -0.2) is 36.9 Å². The van der Waals surface area contributed by atoms with Gasteiger partial charge in [0.2, 0.25) is 9.84 Å². The van der Waals surface area contributed by atoms with Gasteiger partial charge in [0.1, 0.15) is 0 Å². The summed E-state index contributed by atoms with van der Waals surface area (Å²) in [6, 6.07) is 8.52. The molecule has 4 rings (SSSR count). The summed E-state index contributed by atoms with van der Waals surface area (Å²) >= 11 is 0. The zero-order valence-electron chi connectivity index (χ0n) is 13.2. The van der Waals surface area contributed by atoms with Gasteiger partial charge in [0.25, 0.3) is 0 Å². The molecule has 0 bridgehead atoms. The summed E-state index contributed by atoms with van der Waals surface area (Å²) in [6.45, 7) is 1.85. The second-order valence-electron chi connectivity index (χ2n) is 5.97. The van der Waals surface area contributed by atoms with Crippen LogP contribution >= 0.6 is 12.4 Å². The van der Waals surface area contributed by atoms with Crippen LogP contribution in [0.25, 0.3) is 10.9 Å². The number of H-pyrrole nitrogens is 1. The van der Waals surface area contributed by atoms with Crippen LogP contribution in [-0.2, 0) is 22.8 Å². The molecular weight excluding hydrogens is 346 g/mol. The minimum atomic E-state index is -3.54. The number of hydrogen-bond acceptors (Lipinski definition) is 4. The van der Waals surface area contributed by atoms with Crippen LogP contribution in [0.15, 0.2) is 52.5 Å². The van der Waals surface area contributed by atoms with Crippen molar-refractivity contribution in [1.29, 1.82) is 0 Å². The molecule has 3 aromatic rings. The van der Waals surface area contributed by atoms with E-state index in [1.807, 2.05) is 6.07 Å². The van der Waals surface area contributed by atoms with Crippen molar-refractivity contribution in [3.63, 3.8) is 0 Å². The number of rotatable bonds is 2. The molecule has 1 aliphatic rings. The number of nitrogens with one attached hydrogen (secondary N) is 1. The lowest BCUT2D eigenvalue weighted by Crippen LogP contribution is -2.26. The molecule has 0 fully saturated rings. The highest BCUT2D eigenvalue weighted by molar-refractivity contribution is 7.91. The number of aromatic nitrogens is 2. The normalized spacial score (nSPS) is 15.0. The summed E-state index contributed by atoms with van der Waals surface area (Å²) in [5.41, 5.74) is 3.42. The third kappa shape index (κ3) is 2.70. The number of aromatic amines is 1. The van der Waals surface area contributed by atoms with E-state index in [1.165, 1.54) is 17.5 Å². The summed E-state index contributed by atoms with van der Waals surface area (Å²) in [5.74, 6) is 0. The fourth-order valence-corrected chi connectivity index (χ4v) is 4.39.